The van der Waals surface area contributed by atoms with Crippen LogP contribution >= 0.6 is 11.8 Å². The molecule has 0 unspecified atom stereocenters. The quantitative estimate of drug-likeness (QED) is 0.404. The van der Waals surface area contributed by atoms with Crippen molar-refractivity contribution in [2.24, 2.45) is 10.7 Å². The Morgan fingerprint density at radius 2 is 2.08 bits per heavy atom. The first-order valence-corrected chi connectivity index (χ1v) is 4.09. The Balaban J connectivity index is 2.76. The Morgan fingerprint density at radius 3 is 2.67 bits per heavy atom. The SMILES string of the molecule is N#CSC(N)=Nc1ccccc1. The summed E-state index contributed by atoms with van der Waals surface area (Å²) in [5, 5.41) is 10.4. The Hall–Kier alpha value is -1.47. The van der Waals surface area contributed by atoms with Crippen LogP contribution in [0.5, 0.6) is 0 Å². The number of nitrogens with two attached hydrogens (primary N) is 1. The lowest BCUT2D eigenvalue weighted by atomic mass is 10.3. The molecule has 0 heterocycles. The minimum absolute atomic E-state index is 0.267. The summed E-state index contributed by atoms with van der Waals surface area (Å²) < 4.78 is 0. The predicted octanol–water partition coefficient (Wildman–Crippen LogP) is 1.85. The van der Waals surface area contributed by atoms with Gasteiger partial charge in [-0.25, -0.2) is 4.99 Å². The molecule has 0 aliphatic carbocycles. The number of hydrogen-bond donors (Lipinski definition) is 1. The van der Waals surface area contributed by atoms with Gasteiger partial charge in [-0.15, -0.1) is 0 Å². The summed E-state index contributed by atoms with van der Waals surface area (Å²) in [5.41, 5.74) is 6.17. The fourth-order valence-corrected chi connectivity index (χ4v) is 0.944. The van der Waals surface area contributed by atoms with Gasteiger partial charge in [0.2, 0.25) is 0 Å². The first kappa shape index (κ1) is 8.62. The lowest BCUT2D eigenvalue weighted by Gasteiger charge is -1.92. The number of thioether (sulfide) groups is 1. The Morgan fingerprint density at radius 1 is 1.42 bits per heavy atom. The molecule has 1 aromatic rings. The molecule has 4 heteroatoms. The van der Waals surface area contributed by atoms with Gasteiger partial charge in [-0.1, -0.05) is 18.2 Å². The second-order valence-corrected chi connectivity index (χ2v) is 2.78. The summed E-state index contributed by atoms with van der Waals surface area (Å²) in [4.78, 5) is 3.98. The highest BCUT2D eigenvalue weighted by Gasteiger charge is 1.91. The van der Waals surface area contributed by atoms with Gasteiger partial charge in [0.25, 0.3) is 0 Å². The van der Waals surface area contributed by atoms with Gasteiger partial charge in [0.15, 0.2) is 5.17 Å². The maximum absolute atomic E-state index is 8.27. The molecule has 0 aromatic heterocycles. The second-order valence-electron chi connectivity index (χ2n) is 1.98. The number of para-hydroxylation sites is 1. The van der Waals surface area contributed by atoms with E-state index in [9.17, 15) is 0 Å². The van der Waals surface area contributed by atoms with Gasteiger partial charge in [-0.05, 0) is 12.1 Å². The van der Waals surface area contributed by atoms with E-state index >= 15 is 0 Å². The third kappa shape index (κ3) is 2.64. The van der Waals surface area contributed by atoms with E-state index in [0.717, 1.165) is 17.4 Å². The first-order valence-electron chi connectivity index (χ1n) is 3.28. The average Bonchev–Trinajstić information content (AvgIpc) is 2.06. The third-order valence-corrected chi connectivity index (χ3v) is 1.54. The van der Waals surface area contributed by atoms with Crippen molar-refractivity contribution in [2.75, 3.05) is 0 Å². The zero-order valence-corrected chi connectivity index (χ0v) is 7.08. The zero-order valence-electron chi connectivity index (χ0n) is 6.27. The van der Waals surface area contributed by atoms with Crippen molar-refractivity contribution in [1.29, 1.82) is 5.26 Å². The lowest BCUT2D eigenvalue weighted by Crippen LogP contribution is -2.03. The Labute approximate surface area is 74.9 Å². The molecule has 0 aliphatic rings. The highest BCUT2D eigenvalue weighted by atomic mass is 32.2. The van der Waals surface area contributed by atoms with Crippen LogP contribution in [0.4, 0.5) is 5.69 Å². The number of amidine groups is 1. The minimum Gasteiger partial charge on any atom is -0.377 e. The van der Waals surface area contributed by atoms with Crippen LogP contribution in [0.25, 0.3) is 0 Å². The van der Waals surface area contributed by atoms with Crippen molar-refractivity contribution in [2.45, 2.75) is 0 Å². The summed E-state index contributed by atoms with van der Waals surface area (Å²) in [6, 6.07) is 9.27. The largest absolute Gasteiger partial charge is 0.377 e. The first-order chi connectivity index (χ1) is 5.83. The van der Waals surface area contributed by atoms with Crippen molar-refractivity contribution in [3.05, 3.63) is 30.3 Å². The molecule has 0 fully saturated rings. The van der Waals surface area contributed by atoms with E-state index in [1.54, 1.807) is 0 Å². The third-order valence-electron chi connectivity index (χ3n) is 1.15. The van der Waals surface area contributed by atoms with E-state index in [-0.39, 0.29) is 5.17 Å². The van der Waals surface area contributed by atoms with Gasteiger partial charge in [0, 0.05) is 11.8 Å². The molecular formula is C8H7N3S. The van der Waals surface area contributed by atoms with Gasteiger partial charge >= 0.3 is 0 Å². The molecule has 2 N–H and O–H groups in total. The number of nitrogens with zero attached hydrogens (tertiary/aromatic N) is 2. The minimum atomic E-state index is 0.267. The smallest absolute Gasteiger partial charge is 0.173 e. The van der Waals surface area contributed by atoms with Crippen molar-refractivity contribution in [1.82, 2.24) is 0 Å². The normalized spacial score (nSPS) is 10.8. The van der Waals surface area contributed by atoms with Gasteiger partial charge in [-0.3, -0.25) is 0 Å². The standard InChI is InChI=1S/C8H7N3S/c9-6-12-8(10)11-7-4-2-1-3-5-7/h1-5H,(H2,10,11). The average molecular weight is 177 g/mol. The molecule has 0 radical (unpaired) electrons. The van der Waals surface area contributed by atoms with E-state index in [4.69, 9.17) is 11.0 Å². The lowest BCUT2D eigenvalue weighted by molar-refractivity contribution is 1.51. The molecule has 60 valence electrons. The number of benzene rings is 1. The molecule has 1 rings (SSSR count). The van der Waals surface area contributed by atoms with Gasteiger partial charge < -0.3 is 5.73 Å². The van der Waals surface area contributed by atoms with Gasteiger partial charge in [0.1, 0.15) is 5.40 Å². The van der Waals surface area contributed by atoms with Crippen LogP contribution in [-0.2, 0) is 0 Å². The summed E-state index contributed by atoms with van der Waals surface area (Å²) in [7, 11) is 0. The van der Waals surface area contributed by atoms with Crippen LogP contribution < -0.4 is 5.73 Å². The van der Waals surface area contributed by atoms with Crippen molar-refractivity contribution in [3.8, 4) is 5.40 Å². The molecule has 0 atom stereocenters. The number of rotatable bonds is 1. The van der Waals surface area contributed by atoms with Crippen LogP contribution in [0.2, 0.25) is 0 Å². The summed E-state index contributed by atoms with van der Waals surface area (Å²) in [5.74, 6) is 0. The fraction of sp³-hybridized carbons (Fsp3) is 0. The highest BCUT2D eigenvalue weighted by molar-refractivity contribution is 8.17. The van der Waals surface area contributed by atoms with E-state index in [0.29, 0.717) is 0 Å². The zero-order chi connectivity index (χ0) is 8.81. The molecule has 0 spiro atoms. The second kappa shape index (κ2) is 4.42. The molecule has 12 heavy (non-hydrogen) atoms. The van der Waals surface area contributed by atoms with Crippen LogP contribution in [0, 0.1) is 10.7 Å². The molecule has 0 saturated heterocycles. The summed E-state index contributed by atoms with van der Waals surface area (Å²) >= 11 is 0.859. The number of thiocyanates is 1. The van der Waals surface area contributed by atoms with Crippen molar-refractivity contribution in [3.63, 3.8) is 0 Å². The van der Waals surface area contributed by atoms with E-state index in [1.165, 1.54) is 0 Å². The molecule has 0 saturated carbocycles. The molecule has 1 aromatic carbocycles. The monoisotopic (exact) mass is 177 g/mol. The topological polar surface area (TPSA) is 62.2 Å². The van der Waals surface area contributed by atoms with E-state index in [2.05, 4.69) is 4.99 Å². The van der Waals surface area contributed by atoms with Crippen molar-refractivity contribution < 1.29 is 0 Å². The number of hydrogen-bond acceptors (Lipinski definition) is 3. The molecular weight excluding hydrogens is 170 g/mol. The molecule has 0 aliphatic heterocycles. The maximum atomic E-state index is 8.27. The van der Waals surface area contributed by atoms with Crippen LogP contribution in [0.3, 0.4) is 0 Å². The van der Waals surface area contributed by atoms with E-state index < -0.39 is 0 Å². The van der Waals surface area contributed by atoms with Crippen molar-refractivity contribution >= 4 is 22.6 Å². The fourth-order valence-electron chi connectivity index (χ4n) is 0.699. The summed E-state index contributed by atoms with van der Waals surface area (Å²) in [6.07, 6.45) is 0. The molecule has 0 amide bonds. The number of nitriles is 1. The molecule has 0 bridgehead atoms. The predicted molar refractivity (Wildman–Crippen MR) is 50.9 cm³/mol. The Bertz CT molecular complexity index is 313. The van der Waals surface area contributed by atoms with Crippen LogP contribution in [0.1, 0.15) is 0 Å². The van der Waals surface area contributed by atoms with Crippen LogP contribution in [0.15, 0.2) is 35.3 Å². The van der Waals surface area contributed by atoms with Crippen LogP contribution in [-0.4, -0.2) is 5.17 Å². The number of aliphatic imine (C=N–C) groups is 1. The highest BCUT2D eigenvalue weighted by Crippen LogP contribution is 2.11. The Kier molecular flexibility index (Phi) is 3.17. The van der Waals surface area contributed by atoms with E-state index in [1.807, 2.05) is 35.7 Å². The molecule has 3 nitrogen and oxygen atoms in total. The summed E-state index contributed by atoms with van der Waals surface area (Å²) in [6.45, 7) is 0. The van der Waals surface area contributed by atoms with Gasteiger partial charge in [-0.2, -0.15) is 5.26 Å². The van der Waals surface area contributed by atoms with Gasteiger partial charge in [0.05, 0.1) is 5.69 Å². The maximum Gasteiger partial charge on any atom is 0.173 e.